The van der Waals surface area contributed by atoms with E-state index in [2.05, 4.69) is 15.6 Å². The lowest BCUT2D eigenvalue weighted by Crippen LogP contribution is -2.32. The molecule has 1 fully saturated rings. The molecule has 2 atom stereocenters. The summed E-state index contributed by atoms with van der Waals surface area (Å²) in [4.78, 5) is 17.2. The highest BCUT2D eigenvalue weighted by Gasteiger charge is 2.29. The van der Waals surface area contributed by atoms with Crippen molar-refractivity contribution in [3.05, 3.63) is 65.0 Å². The summed E-state index contributed by atoms with van der Waals surface area (Å²) in [5.41, 5.74) is 9.72. The Kier molecular flexibility index (Phi) is 8.94. The number of nitrogens with zero attached hydrogens (tertiary/aromatic N) is 2. The molecule has 1 amide bonds. The van der Waals surface area contributed by atoms with Crippen molar-refractivity contribution in [1.82, 2.24) is 14.9 Å². The van der Waals surface area contributed by atoms with E-state index in [1.807, 2.05) is 41.8 Å². The van der Waals surface area contributed by atoms with Gasteiger partial charge in [-0.25, -0.2) is 4.98 Å². The second-order valence-electron chi connectivity index (χ2n) is 10.2. The van der Waals surface area contributed by atoms with Crippen molar-refractivity contribution in [2.45, 2.75) is 32.0 Å². The van der Waals surface area contributed by atoms with Crippen LogP contribution in [0.1, 0.15) is 31.4 Å². The van der Waals surface area contributed by atoms with Crippen LogP contribution in [0.5, 0.6) is 11.5 Å². The van der Waals surface area contributed by atoms with Gasteiger partial charge in [0.1, 0.15) is 12.4 Å². The van der Waals surface area contributed by atoms with Gasteiger partial charge in [0.15, 0.2) is 11.5 Å². The molecular formula is C30H34ClN5O4S. The van der Waals surface area contributed by atoms with Crippen LogP contribution in [0, 0.1) is 5.92 Å². The Balaban J connectivity index is 1.42. The molecule has 11 heteroatoms. The maximum Gasteiger partial charge on any atom is 0.250 e. The van der Waals surface area contributed by atoms with E-state index in [9.17, 15) is 4.79 Å². The Morgan fingerprint density at radius 2 is 1.98 bits per heavy atom. The van der Waals surface area contributed by atoms with E-state index >= 15 is 0 Å². The second kappa shape index (κ2) is 12.6. The fourth-order valence-electron chi connectivity index (χ4n) is 5.27. The molecule has 1 unspecified atom stereocenters. The monoisotopic (exact) mass is 595 g/mol. The molecule has 2 heterocycles. The number of piperidine rings is 1. The molecule has 0 spiro atoms. The summed E-state index contributed by atoms with van der Waals surface area (Å²) in [5.74, 6) is 1.09. The largest absolute Gasteiger partial charge is 0.493 e. The van der Waals surface area contributed by atoms with Crippen molar-refractivity contribution >= 4 is 57.0 Å². The third kappa shape index (κ3) is 6.11. The van der Waals surface area contributed by atoms with Crippen molar-refractivity contribution in [2.75, 3.05) is 39.2 Å². The molecule has 2 aromatic carbocycles. The molecule has 9 nitrogen and oxygen atoms in total. The number of carbonyl (C=O) groups excluding carboxylic acids is 1. The number of imidazole rings is 1. The molecular weight excluding hydrogens is 562 g/mol. The second-order valence-corrected chi connectivity index (χ2v) is 11.0. The first-order valence-corrected chi connectivity index (χ1v) is 14.3. The van der Waals surface area contributed by atoms with Gasteiger partial charge in [-0.05, 0) is 57.0 Å². The zero-order valence-electron chi connectivity index (χ0n) is 23.3. The van der Waals surface area contributed by atoms with Gasteiger partial charge in [0, 0.05) is 29.9 Å². The number of halogens is 1. The first-order valence-electron chi connectivity index (χ1n) is 13.6. The molecule has 0 bridgehead atoms. The Morgan fingerprint density at radius 3 is 2.68 bits per heavy atom. The van der Waals surface area contributed by atoms with Gasteiger partial charge >= 0.3 is 0 Å². The molecule has 1 aliphatic heterocycles. The number of aromatic nitrogens is 2. The first kappa shape index (κ1) is 29.1. The standard InChI is InChI=1S/C30H34ClN5O4S/c1-17(20-5-4-6-22(28(20)31)34-15-18-7-9-33-10-8-18)40-27-12-19(11-21(29(27)41)30(32)37)36-16-35-23-13-25(38-2)26(39-3)14-24(23)36/h4-6,11-14,16-18,27,33-34H,7-10,15H2,1-3H3,(H2,32,37)/t17-,27?/m1/s1. The van der Waals surface area contributed by atoms with Crippen LogP contribution in [0.25, 0.3) is 16.7 Å². The van der Waals surface area contributed by atoms with Gasteiger partial charge in [-0.3, -0.25) is 9.36 Å². The third-order valence-corrected chi connectivity index (χ3v) is 8.47. The first-order chi connectivity index (χ1) is 19.8. The lowest BCUT2D eigenvalue weighted by atomic mass is 9.98. The number of anilines is 1. The van der Waals surface area contributed by atoms with Crippen molar-refractivity contribution in [3.8, 4) is 11.5 Å². The Hall–Kier alpha value is -3.44. The number of amides is 1. The predicted molar refractivity (Wildman–Crippen MR) is 166 cm³/mol. The van der Waals surface area contributed by atoms with Crippen LogP contribution in [0.2, 0.25) is 5.02 Å². The minimum atomic E-state index is -0.706. The Labute approximate surface area is 249 Å². The summed E-state index contributed by atoms with van der Waals surface area (Å²) in [6, 6.07) is 9.49. The van der Waals surface area contributed by atoms with Crippen LogP contribution in [0.3, 0.4) is 0 Å². The van der Waals surface area contributed by atoms with Gasteiger partial charge in [-0.1, -0.05) is 36.0 Å². The number of allylic oxidation sites excluding steroid dienone is 2. The van der Waals surface area contributed by atoms with Crippen molar-refractivity contribution in [3.63, 3.8) is 0 Å². The molecule has 0 radical (unpaired) electrons. The van der Waals surface area contributed by atoms with E-state index in [1.54, 1.807) is 32.7 Å². The number of methoxy groups -OCH3 is 2. The molecule has 216 valence electrons. The van der Waals surface area contributed by atoms with E-state index in [1.165, 1.54) is 0 Å². The number of carbonyl (C=O) groups is 1. The number of primary amides is 1. The summed E-state index contributed by atoms with van der Waals surface area (Å²) < 4.78 is 19.2. The molecule has 41 heavy (non-hydrogen) atoms. The zero-order valence-corrected chi connectivity index (χ0v) is 24.8. The minimum absolute atomic E-state index is 0.209. The number of hydrogen-bond acceptors (Lipinski definition) is 8. The summed E-state index contributed by atoms with van der Waals surface area (Å²) in [7, 11) is 3.14. The minimum Gasteiger partial charge on any atom is -0.493 e. The zero-order chi connectivity index (χ0) is 29.1. The maximum absolute atomic E-state index is 12.4. The molecule has 1 aliphatic carbocycles. The highest BCUT2D eigenvalue weighted by molar-refractivity contribution is 7.81. The SMILES string of the molecule is COc1cc2ncn(C3=CC(O[C@H](C)c4cccc(NCC5CCNCC5)c4Cl)C(=S)C(C(N)=O)=C3)c2cc1OC. The Bertz CT molecular complexity index is 1530. The molecule has 2 aliphatic rings. The lowest BCUT2D eigenvalue weighted by molar-refractivity contribution is -0.114. The predicted octanol–water partition coefficient (Wildman–Crippen LogP) is 4.90. The number of fused-ring (bicyclic) bond motifs is 1. The topological polar surface area (TPSA) is 113 Å². The van der Waals surface area contributed by atoms with Crippen LogP contribution in [-0.2, 0) is 9.53 Å². The van der Waals surface area contributed by atoms with Crippen LogP contribution in [0.4, 0.5) is 5.69 Å². The van der Waals surface area contributed by atoms with Crippen LogP contribution in [-0.4, -0.2) is 60.3 Å². The van der Waals surface area contributed by atoms with Gasteiger partial charge in [-0.2, -0.15) is 0 Å². The quantitative estimate of drug-likeness (QED) is 0.284. The van der Waals surface area contributed by atoms with Gasteiger partial charge < -0.3 is 30.6 Å². The highest BCUT2D eigenvalue weighted by atomic mass is 35.5. The summed E-state index contributed by atoms with van der Waals surface area (Å²) in [6.45, 7) is 4.86. The molecule has 5 rings (SSSR count). The van der Waals surface area contributed by atoms with Gasteiger partial charge in [-0.15, -0.1) is 0 Å². The van der Waals surface area contributed by atoms with Gasteiger partial charge in [0.25, 0.3) is 0 Å². The van der Waals surface area contributed by atoms with Crippen molar-refractivity contribution in [2.24, 2.45) is 11.7 Å². The molecule has 1 saturated heterocycles. The number of nitrogens with one attached hydrogen (secondary N) is 2. The molecule has 1 aromatic heterocycles. The average Bonchev–Trinajstić information content (AvgIpc) is 3.40. The third-order valence-electron chi connectivity index (χ3n) is 7.59. The fourth-order valence-corrected chi connectivity index (χ4v) is 5.90. The average molecular weight is 596 g/mol. The summed E-state index contributed by atoms with van der Waals surface area (Å²) in [6.07, 6.45) is 6.32. The number of thiocarbonyl (C=S) groups is 1. The van der Waals surface area contributed by atoms with Gasteiger partial charge in [0.2, 0.25) is 5.91 Å². The number of hydrogen-bond donors (Lipinski definition) is 3. The van der Waals surface area contributed by atoms with E-state index in [4.69, 9.17) is 43.8 Å². The van der Waals surface area contributed by atoms with E-state index in [0.717, 1.165) is 49.2 Å². The lowest BCUT2D eigenvalue weighted by Gasteiger charge is -2.27. The molecule has 4 N–H and O–H groups in total. The van der Waals surface area contributed by atoms with E-state index in [-0.39, 0.29) is 5.57 Å². The number of ether oxygens (including phenoxy) is 3. The highest BCUT2D eigenvalue weighted by Crippen LogP contribution is 2.36. The van der Waals surface area contributed by atoms with E-state index in [0.29, 0.717) is 38.5 Å². The summed E-state index contributed by atoms with van der Waals surface area (Å²) in [5, 5.41) is 7.52. The number of nitrogens with two attached hydrogens (primary N) is 1. The smallest absolute Gasteiger partial charge is 0.250 e. The maximum atomic E-state index is 12.4. The van der Waals surface area contributed by atoms with Crippen LogP contribution < -0.4 is 25.8 Å². The van der Waals surface area contributed by atoms with E-state index < -0.39 is 18.1 Å². The normalized spacial score (nSPS) is 18.5. The number of rotatable bonds is 10. The molecule has 3 aromatic rings. The summed E-state index contributed by atoms with van der Waals surface area (Å²) >= 11 is 12.5. The fraction of sp³-hybridized carbons (Fsp3) is 0.367. The molecule has 0 saturated carbocycles. The number of benzene rings is 2. The van der Waals surface area contributed by atoms with Crippen LogP contribution in [0.15, 0.2) is 54.4 Å². The van der Waals surface area contributed by atoms with Crippen LogP contribution >= 0.6 is 23.8 Å². The Morgan fingerprint density at radius 1 is 1.24 bits per heavy atom. The van der Waals surface area contributed by atoms with Crippen molar-refractivity contribution < 1.29 is 19.0 Å². The van der Waals surface area contributed by atoms with Gasteiger partial charge in [0.05, 0.1) is 52.5 Å². The van der Waals surface area contributed by atoms with Crippen molar-refractivity contribution in [1.29, 1.82) is 0 Å².